The molecule has 1 aliphatic heterocycles. The number of nitrogens with zero attached hydrogens (tertiary/aromatic N) is 1. The second-order valence-electron chi connectivity index (χ2n) is 6.20. The van der Waals surface area contributed by atoms with Crippen LogP contribution in [0.3, 0.4) is 0 Å². The summed E-state index contributed by atoms with van der Waals surface area (Å²) in [5, 5.41) is -0.383. The highest BCUT2D eigenvalue weighted by molar-refractivity contribution is 7.99. The topological polar surface area (TPSA) is 37.4 Å². The molecule has 0 N–H and O–H groups in total. The van der Waals surface area contributed by atoms with Gasteiger partial charge in [0.2, 0.25) is 10.0 Å². The van der Waals surface area contributed by atoms with Gasteiger partial charge in [-0.15, -0.1) is 0 Å². The second kappa shape index (κ2) is 8.20. The standard InChI is InChI=1S/C18H17F4NO2S2/c19-13-1-3-16(21)12(9-13)11-27(24,25)23-6-5-18(26-8-7-23)15-10-14(20)2-4-17(15)22/h1-4,9-10,18H,5-8,11H2. The van der Waals surface area contributed by atoms with Gasteiger partial charge in [0.15, 0.2) is 0 Å². The van der Waals surface area contributed by atoms with E-state index < -0.39 is 39.0 Å². The Hall–Kier alpha value is -1.58. The van der Waals surface area contributed by atoms with Crippen LogP contribution in [-0.4, -0.2) is 31.6 Å². The van der Waals surface area contributed by atoms with Crippen LogP contribution in [0.5, 0.6) is 0 Å². The van der Waals surface area contributed by atoms with E-state index in [1.165, 1.54) is 16.1 Å². The van der Waals surface area contributed by atoms with Crippen molar-refractivity contribution in [1.29, 1.82) is 0 Å². The minimum absolute atomic E-state index is 0.0902. The van der Waals surface area contributed by atoms with Gasteiger partial charge in [0.05, 0.1) is 5.75 Å². The third-order valence-corrected chi connectivity index (χ3v) is 7.48. The first-order valence-electron chi connectivity index (χ1n) is 8.24. The van der Waals surface area contributed by atoms with Gasteiger partial charge in [-0.1, -0.05) is 0 Å². The molecule has 0 bridgehead atoms. The molecule has 146 valence electrons. The van der Waals surface area contributed by atoms with Crippen LogP contribution < -0.4 is 0 Å². The van der Waals surface area contributed by atoms with Crippen molar-refractivity contribution in [3.05, 3.63) is 70.8 Å². The van der Waals surface area contributed by atoms with E-state index in [-0.39, 0.29) is 35.9 Å². The summed E-state index contributed by atoms with van der Waals surface area (Å²) in [5.41, 5.74) is -0.0324. The Kier molecular flexibility index (Phi) is 6.12. The highest BCUT2D eigenvalue weighted by Gasteiger charge is 2.29. The van der Waals surface area contributed by atoms with Gasteiger partial charge >= 0.3 is 0 Å². The molecule has 0 amide bonds. The molecule has 1 fully saturated rings. The van der Waals surface area contributed by atoms with Gasteiger partial charge in [0.25, 0.3) is 0 Å². The molecule has 0 spiro atoms. The van der Waals surface area contributed by atoms with E-state index in [2.05, 4.69) is 0 Å². The Morgan fingerprint density at radius 1 is 0.963 bits per heavy atom. The lowest BCUT2D eigenvalue weighted by molar-refractivity contribution is 0.425. The molecule has 1 atom stereocenters. The number of sulfonamides is 1. The number of thioether (sulfide) groups is 1. The fourth-order valence-corrected chi connectivity index (χ4v) is 5.89. The fourth-order valence-electron chi connectivity index (χ4n) is 2.98. The van der Waals surface area contributed by atoms with Crippen molar-refractivity contribution in [2.45, 2.75) is 17.4 Å². The van der Waals surface area contributed by atoms with E-state index in [0.717, 1.165) is 36.4 Å². The lowest BCUT2D eigenvalue weighted by atomic mass is 10.1. The molecule has 0 aromatic heterocycles. The van der Waals surface area contributed by atoms with E-state index in [4.69, 9.17) is 0 Å². The maximum atomic E-state index is 14.0. The van der Waals surface area contributed by atoms with Crippen molar-refractivity contribution in [1.82, 2.24) is 4.31 Å². The molecule has 27 heavy (non-hydrogen) atoms. The van der Waals surface area contributed by atoms with Crippen molar-refractivity contribution in [2.24, 2.45) is 0 Å². The van der Waals surface area contributed by atoms with E-state index in [1.54, 1.807) is 0 Å². The monoisotopic (exact) mass is 419 g/mol. The van der Waals surface area contributed by atoms with Crippen molar-refractivity contribution < 1.29 is 26.0 Å². The third kappa shape index (κ3) is 4.83. The average molecular weight is 419 g/mol. The van der Waals surface area contributed by atoms with Crippen LogP contribution in [0.15, 0.2) is 36.4 Å². The molecule has 0 saturated carbocycles. The molecule has 0 radical (unpaired) electrons. The molecule has 1 aliphatic rings. The summed E-state index contributed by atoms with van der Waals surface area (Å²) < 4.78 is 81.0. The number of hydrogen-bond donors (Lipinski definition) is 0. The fraction of sp³-hybridized carbons (Fsp3) is 0.333. The zero-order valence-corrected chi connectivity index (χ0v) is 15.8. The molecule has 3 rings (SSSR count). The van der Waals surface area contributed by atoms with E-state index >= 15 is 0 Å². The lowest BCUT2D eigenvalue weighted by Gasteiger charge is -2.20. The molecule has 0 aliphatic carbocycles. The molecule has 1 saturated heterocycles. The largest absolute Gasteiger partial charge is 0.218 e. The second-order valence-corrected chi connectivity index (χ2v) is 9.48. The average Bonchev–Trinajstić information content (AvgIpc) is 2.87. The molecule has 2 aromatic rings. The zero-order chi connectivity index (χ0) is 19.6. The van der Waals surface area contributed by atoms with Crippen molar-refractivity contribution in [3.8, 4) is 0 Å². The van der Waals surface area contributed by atoms with E-state index in [0.29, 0.717) is 5.75 Å². The Balaban J connectivity index is 1.75. The normalized spacial score (nSPS) is 19.0. The molecular formula is C18H17F4NO2S2. The molecule has 1 heterocycles. The Labute approximate surface area is 159 Å². The predicted octanol–water partition coefficient (Wildman–Crippen LogP) is 4.25. The lowest BCUT2D eigenvalue weighted by Crippen LogP contribution is -2.34. The molecule has 1 unspecified atom stereocenters. The summed E-state index contributed by atoms with van der Waals surface area (Å²) in [6.07, 6.45) is 0.288. The predicted molar refractivity (Wildman–Crippen MR) is 96.7 cm³/mol. The first-order chi connectivity index (χ1) is 12.8. The summed E-state index contributed by atoms with van der Waals surface area (Å²) in [4.78, 5) is 0. The summed E-state index contributed by atoms with van der Waals surface area (Å²) in [5.74, 6) is -2.86. The maximum Gasteiger partial charge on any atom is 0.218 e. The summed E-state index contributed by atoms with van der Waals surface area (Å²) in [6, 6.07) is 5.89. The summed E-state index contributed by atoms with van der Waals surface area (Å²) in [7, 11) is -3.88. The smallest absolute Gasteiger partial charge is 0.212 e. The van der Waals surface area contributed by atoms with Crippen LogP contribution in [0.25, 0.3) is 0 Å². The maximum absolute atomic E-state index is 14.0. The van der Waals surface area contributed by atoms with Gasteiger partial charge in [-0.3, -0.25) is 0 Å². The van der Waals surface area contributed by atoms with Gasteiger partial charge in [-0.05, 0) is 42.8 Å². The van der Waals surface area contributed by atoms with E-state index in [9.17, 15) is 26.0 Å². The Bertz CT molecular complexity index is 937. The number of rotatable bonds is 4. The SMILES string of the molecule is O=S(=O)(Cc1cc(F)ccc1F)N1CCSC(c2cc(F)ccc2F)CC1. The first kappa shape index (κ1) is 20.2. The minimum atomic E-state index is -3.88. The van der Waals surface area contributed by atoms with Gasteiger partial charge in [-0.2, -0.15) is 11.8 Å². The number of hydrogen-bond acceptors (Lipinski definition) is 3. The molecule has 3 nitrogen and oxygen atoms in total. The Morgan fingerprint density at radius 3 is 2.37 bits per heavy atom. The third-order valence-electron chi connectivity index (χ3n) is 4.34. The molecular weight excluding hydrogens is 402 g/mol. The van der Waals surface area contributed by atoms with Crippen LogP contribution in [0.1, 0.15) is 22.8 Å². The highest BCUT2D eigenvalue weighted by atomic mass is 32.2. The van der Waals surface area contributed by atoms with Gasteiger partial charge in [-0.25, -0.2) is 30.3 Å². The van der Waals surface area contributed by atoms with Crippen molar-refractivity contribution in [2.75, 3.05) is 18.8 Å². The van der Waals surface area contributed by atoms with Crippen LogP contribution in [-0.2, 0) is 15.8 Å². The van der Waals surface area contributed by atoms with Gasteiger partial charge in [0.1, 0.15) is 23.3 Å². The van der Waals surface area contributed by atoms with Crippen LogP contribution in [0.4, 0.5) is 17.6 Å². The molecule has 9 heteroatoms. The summed E-state index contributed by atoms with van der Waals surface area (Å²) >= 11 is 1.34. The summed E-state index contributed by atoms with van der Waals surface area (Å²) in [6.45, 7) is 0.254. The van der Waals surface area contributed by atoms with Crippen molar-refractivity contribution in [3.63, 3.8) is 0 Å². The van der Waals surface area contributed by atoms with Crippen LogP contribution >= 0.6 is 11.8 Å². The number of halogens is 4. The van der Waals surface area contributed by atoms with Gasteiger partial charge in [0, 0.05) is 35.2 Å². The Morgan fingerprint density at radius 2 is 1.63 bits per heavy atom. The van der Waals surface area contributed by atoms with Gasteiger partial charge < -0.3 is 0 Å². The first-order valence-corrected chi connectivity index (χ1v) is 10.9. The van der Waals surface area contributed by atoms with Crippen LogP contribution in [0, 0.1) is 23.3 Å². The quantitative estimate of drug-likeness (QED) is 0.696. The van der Waals surface area contributed by atoms with Crippen molar-refractivity contribution >= 4 is 21.8 Å². The van der Waals surface area contributed by atoms with Crippen LogP contribution in [0.2, 0.25) is 0 Å². The molecule has 2 aromatic carbocycles. The zero-order valence-electron chi connectivity index (χ0n) is 14.2. The highest BCUT2D eigenvalue weighted by Crippen LogP contribution is 2.36. The minimum Gasteiger partial charge on any atom is -0.212 e. The van der Waals surface area contributed by atoms with E-state index in [1.807, 2.05) is 0 Å². The number of benzene rings is 2.